The first-order valence-electron chi connectivity index (χ1n) is 9.54. The van der Waals surface area contributed by atoms with E-state index in [9.17, 15) is 18.0 Å². The van der Waals surface area contributed by atoms with E-state index in [0.717, 1.165) is 23.3 Å². The van der Waals surface area contributed by atoms with Gasteiger partial charge in [0.05, 0.1) is 5.69 Å². The number of amides is 2. The number of unbranched alkanes of at least 4 members (excludes halogenated alkanes) is 1. The predicted molar refractivity (Wildman–Crippen MR) is 111 cm³/mol. The first-order chi connectivity index (χ1) is 14.3. The van der Waals surface area contributed by atoms with Crippen LogP contribution in [0.2, 0.25) is 0 Å². The Morgan fingerprint density at radius 2 is 2.07 bits per heavy atom. The van der Waals surface area contributed by atoms with Gasteiger partial charge in [-0.3, -0.25) is 14.5 Å². The third-order valence-corrected chi connectivity index (χ3v) is 6.41. The first kappa shape index (κ1) is 21.8. The number of hydrogen-bond acceptors (Lipinski definition) is 7. The number of sulfone groups is 1. The average molecular weight is 433 g/mol. The number of carbonyl (C=O) groups is 2. The van der Waals surface area contributed by atoms with Crippen LogP contribution in [0, 0.1) is 6.92 Å². The maximum Gasteiger partial charge on any atom is 0.269 e. The summed E-state index contributed by atoms with van der Waals surface area (Å²) in [5, 5.41) is 1.43. The largest absolute Gasteiger partial charge is 0.385 e. The van der Waals surface area contributed by atoms with Crippen molar-refractivity contribution in [1.29, 1.82) is 0 Å². The number of aromatic nitrogens is 2. The lowest BCUT2D eigenvalue weighted by atomic mass is 10.2. The lowest BCUT2D eigenvalue weighted by Crippen LogP contribution is -2.31. The second-order valence-corrected chi connectivity index (χ2v) is 9.08. The molecule has 10 heteroatoms. The van der Waals surface area contributed by atoms with Crippen LogP contribution < -0.4 is 10.2 Å². The number of nitrogens with one attached hydrogen (secondary N) is 1. The van der Waals surface area contributed by atoms with Gasteiger partial charge in [-0.2, -0.15) is 0 Å². The highest BCUT2D eigenvalue weighted by atomic mass is 32.2. The molecule has 0 bridgehead atoms. The summed E-state index contributed by atoms with van der Waals surface area (Å²) in [4.78, 5) is 34.5. The molecule has 9 nitrogen and oxygen atoms in total. The summed E-state index contributed by atoms with van der Waals surface area (Å²) < 4.78 is 30.4. The molecule has 1 N–H and O–H groups in total. The molecule has 1 fully saturated rings. The van der Waals surface area contributed by atoms with Crippen LogP contribution in [-0.4, -0.2) is 56.2 Å². The van der Waals surface area contributed by atoms with Gasteiger partial charge in [0.15, 0.2) is 15.2 Å². The van der Waals surface area contributed by atoms with Gasteiger partial charge < -0.3 is 10.1 Å². The molecule has 30 heavy (non-hydrogen) atoms. The van der Waals surface area contributed by atoms with E-state index >= 15 is 0 Å². The molecular weight excluding hydrogens is 408 g/mol. The summed E-state index contributed by atoms with van der Waals surface area (Å²) in [7, 11) is -2.22. The van der Waals surface area contributed by atoms with E-state index in [4.69, 9.17) is 4.74 Å². The van der Waals surface area contributed by atoms with Gasteiger partial charge in [0.25, 0.3) is 5.91 Å². The Bertz CT molecular complexity index is 1020. The minimum Gasteiger partial charge on any atom is -0.385 e. The second-order valence-electron chi connectivity index (χ2n) is 7.02. The van der Waals surface area contributed by atoms with Crippen molar-refractivity contribution >= 4 is 27.5 Å². The maximum absolute atomic E-state index is 12.7. The van der Waals surface area contributed by atoms with Crippen molar-refractivity contribution in [3.05, 3.63) is 53.5 Å². The number of hydrogen-bond donors (Lipinski definition) is 1. The maximum atomic E-state index is 12.7. The van der Waals surface area contributed by atoms with E-state index in [1.54, 1.807) is 31.5 Å². The number of carbonyl (C=O) groups excluding carboxylic acids is 2. The minimum atomic E-state index is -3.84. The van der Waals surface area contributed by atoms with Gasteiger partial charge in [-0.15, -0.1) is 0 Å². The fourth-order valence-electron chi connectivity index (χ4n) is 3.16. The molecule has 3 heterocycles. The average Bonchev–Trinajstić information content (AvgIpc) is 2.96. The van der Waals surface area contributed by atoms with Gasteiger partial charge >= 0.3 is 0 Å². The van der Waals surface area contributed by atoms with E-state index in [1.807, 2.05) is 6.92 Å². The smallest absolute Gasteiger partial charge is 0.269 e. The molecule has 0 aromatic carbocycles. The van der Waals surface area contributed by atoms with Crippen LogP contribution >= 0.6 is 0 Å². The number of aryl methyl sites for hydroxylation is 1. The summed E-state index contributed by atoms with van der Waals surface area (Å²) in [6.45, 7) is 2.91. The summed E-state index contributed by atoms with van der Waals surface area (Å²) in [6.07, 6.45) is 3.12. The van der Waals surface area contributed by atoms with E-state index in [-0.39, 0.29) is 17.2 Å². The van der Waals surface area contributed by atoms with Gasteiger partial charge in [0.1, 0.15) is 17.3 Å². The van der Waals surface area contributed by atoms with Gasteiger partial charge in [-0.05, 0) is 43.5 Å². The molecule has 0 saturated carbocycles. The van der Waals surface area contributed by atoms with Crippen molar-refractivity contribution in [2.24, 2.45) is 0 Å². The van der Waals surface area contributed by atoms with Crippen LogP contribution in [0.5, 0.6) is 0 Å². The van der Waals surface area contributed by atoms with Crippen LogP contribution in [0.3, 0.4) is 0 Å². The van der Waals surface area contributed by atoms with E-state index < -0.39 is 32.8 Å². The highest BCUT2D eigenvalue weighted by Crippen LogP contribution is 2.35. The number of anilines is 1. The Morgan fingerprint density at radius 1 is 1.27 bits per heavy atom. The van der Waals surface area contributed by atoms with Gasteiger partial charge in [0, 0.05) is 26.5 Å². The third kappa shape index (κ3) is 4.82. The number of ether oxygens (including phenoxy) is 1. The Labute approximate surface area is 175 Å². The lowest BCUT2D eigenvalue weighted by Gasteiger charge is -2.22. The van der Waals surface area contributed by atoms with Gasteiger partial charge in [-0.1, -0.05) is 12.1 Å². The second kappa shape index (κ2) is 9.31. The lowest BCUT2D eigenvalue weighted by molar-refractivity contribution is -0.115. The number of pyridine rings is 2. The van der Waals surface area contributed by atoms with Gasteiger partial charge in [-0.25, -0.2) is 18.4 Å². The number of methoxy groups -OCH3 is 1. The molecule has 0 radical (unpaired) electrons. The quantitative estimate of drug-likeness (QED) is 0.626. The van der Waals surface area contributed by atoms with Crippen LogP contribution in [-0.2, 0) is 19.4 Å². The molecule has 1 aliphatic heterocycles. The molecule has 2 aromatic heterocycles. The van der Waals surface area contributed by atoms with E-state index in [1.165, 1.54) is 12.1 Å². The molecule has 3 rings (SSSR count). The van der Waals surface area contributed by atoms with Crippen LogP contribution in [0.4, 0.5) is 5.82 Å². The van der Waals surface area contributed by atoms with Crippen molar-refractivity contribution in [3.63, 3.8) is 0 Å². The minimum absolute atomic E-state index is 0.0885. The third-order valence-electron chi connectivity index (χ3n) is 4.63. The monoisotopic (exact) mass is 432 g/mol. The zero-order valence-electron chi connectivity index (χ0n) is 16.9. The molecule has 2 amide bonds. The van der Waals surface area contributed by atoms with E-state index in [2.05, 4.69) is 15.3 Å². The van der Waals surface area contributed by atoms with Crippen molar-refractivity contribution in [2.45, 2.75) is 25.1 Å². The molecule has 160 valence electrons. The zero-order valence-corrected chi connectivity index (χ0v) is 17.7. The summed E-state index contributed by atoms with van der Waals surface area (Å²) in [5.74, 6) is -1.39. The molecule has 1 aliphatic rings. The van der Waals surface area contributed by atoms with Crippen molar-refractivity contribution < 1.29 is 22.7 Å². The SMILES string of the molecule is COCCCCNC(=O)c1cccc(C2N(c3ccc(C)cn3)C(=O)CS2(=O)=O)n1. The topological polar surface area (TPSA) is 119 Å². The highest BCUT2D eigenvalue weighted by molar-refractivity contribution is 7.93. The molecule has 0 aliphatic carbocycles. The normalized spacial score (nSPS) is 17.9. The Morgan fingerprint density at radius 3 is 2.77 bits per heavy atom. The number of nitrogens with zero attached hydrogens (tertiary/aromatic N) is 3. The van der Waals surface area contributed by atoms with Crippen molar-refractivity contribution in [3.8, 4) is 0 Å². The fraction of sp³-hybridized carbons (Fsp3) is 0.400. The van der Waals surface area contributed by atoms with Crippen LogP contribution in [0.15, 0.2) is 36.5 Å². The summed E-state index contributed by atoms with van der Waals surface area (Å²) >= 11 is 0. The molecular formula is C20H24N4O5S. The Balaban J connectivity index is 1.85. The summed E-state index contributed by atoms with van der Waals surface area (Å²) in [6, 6.07) is 7.90. The fourth-order valence-corrected chi connectivity index (χ4v) is 4.85. The predicted octanol–water partition coefficient (Wildman–Crippen LogP) is 1.40. The van der Waals surface area contributed by atoms with E-state index in [0.29, 0.717) is 13.2 Å². The van der Waals surface area contributed by atoms with Crippen molar-refractivity contribution in [1.82, 2.24) is 15.3 Å². The van der Waals surface area contributed by atoms with Gasteiger partial charge in [0.2, 0.25) is 5.91 Å². The summed E-state index contributed by atoms with van der Waals surface area (Å²) in [5.41, 5.74) is 1.08. The molecule has 1 unspecified atom stereocenters. The van der Waals surface area contributed by atoms with Crippen LogP contribution in [0.25, 0.3) is 0 Å². The first-order valence-corrected chi connectivity index (χ1v) is 11.3. The highest BCUT2D eigenvalue weighted by Gasteiger charge is 2.47. The van der Waals surface area contributed by atoms with Crippen LogP contribution in [0.1, 0.15) is 40.0 Å². The zero-order chi connectivity index (χ0) is 21.7. The standard InChI is InChI=1S/C20H24N4O5S/c1-14-8-9-17(22-12-14)24-18(25)13-30(27,28)20(24)16-7-5-6-15(23-16)19(26)21-10-3-4-11-29-2/h5-9,12,20H,3-4,10-11,13H2,1-2H3,(H,21,26). The Kier molecular flexibility index (Phi) is 6.78. The number of rotatable bonds is 8. The van der Waals surface area contributed by atoms with Crippen molar-refractivity contribution in [2.75, 3.05) is 30.9 Å². The Hall–Kier alpha value is -2.85. The molecule has 1 saturated heterocycles. The molecule has 2 aromatic rings. The molecule has 0 spiro atoms. The molecule has 1 atom stereocenters.